The van der Waals surface area contributed by atoms with Crippen LogP contribution in [-0.4, -0.2) is 19.3 Å². The van der Waals surface area contributed by atoms with Gasteiger partial charge in [-0.15, -0.1) is 0 Å². The summed E-state index contributed by atoms with van der Waals surface area (Å²) in [4.78, 5) is 0. The molecule has 1 unspecified atom stereocenters. The van der Waals surface area contributed by atoms with Gasteiger partial charge in [0.1, 0.15) is 0 Å². The van der Waals surface area contributed by atoms with Gasteiger partial charge in [-0.2, -0.15) is 0 Å². The lowest BCUT2D eigenvalue weighted by Gasteiger charge is -2.12. The fourth-order valence-corrected chi connectivity index (χ4v) is 1.75. The molecule has 15 heavy (non-hydrogen) atoms. The molecule has 1 saturated heterocycles. The number of hydrogen-bond donors (Lipinski definition) is 1. The zero-order valence-corrected chi connectivity index (χ0v) is 8.82. The third-order valence-corrected chi connectivity index (χ3v) is 2.70. The molecule has 3 nitrogen and oxygen atoms in total. The van der Waals surface area contributed by atoms with Gasteiger partial charge in [-0.05, 0) is 17.5 Å². The van der Waals surface area contributed by atoms with Gasteiger partial charge in [0.2, 0.25) is 0 Å². The first kappa shape index (κ1) is 10.6. The third kappa shape index (κ3) is 2.78. The molecule has 1 aliphatic rings. The number of benzene rings is 1. The van der Waals surface area contributed by atoms with Gasteiger partial charge in [-0.3, -0.25) is 0 Å². The normalized spacial score (nSPS) is 20.7. The van der Waals surface area contributed by atoms with Crippen LogP contribution in [0.4, 0.5) is 0 Å². The number of rotatable bonds is 4. The van der Waals surface area contributed by atoms with Crippen molar-refractivity contribution < 1.29 is 9.47 Å². The predicted molar refractivity (Wildman–Crippen MR) is 58.3 cm³/mol. The van der Waals surface area contributed by atoms with Crippen LogP contribution < -0.4 is 5.73 Å². The van der Waals surface area contributed by atoms with Crippen molar-refractivity contribution >= 4 is 0 Å². The summed E-state index contributed by atoms with van der Waals surface area (Å²) in [6.45, 7) is 2.76. The van der Waals surface area contributed by atoms with E-state index in [0.29, 0.717) is 13.2 Å². The second-order valence-corrected chi connectivity index (χ2v) is 3.77. The summed E-state index contributed by atoms with van der Waals surface area (Å²) in [6.07, 6.45) is 1.26. The van der Waals surface area contributed by atoms with E-state index in [-0.39, 0.29) is 6.10 Å². The summed E-state index contributed by atoms with van der Waals surface area (Å²) in [6, 6.07) is 8.13. The zero-order chi connectivity index (χ0) is 10.5. The molecule has 0 saturated carbocycles. The average Bonchev–Trinajstić information content (AvgIpc) is 2.79. The van der Waals surface area contributed by atoms with Crippen LogP contribution >= 0.6 is 0 Å². The standard InChI is InChI=1S/C12H17NO2/c13-7-10-3-1-2-4-11(10)8-15-12-5-6-14-9-12/h1-4,12H,5-9,13H2. The summed E-state index contributed by atoms with van der Waals surface area (Å²) in [5, 5.41) is 0. The minimum Gasteiger partial charge on any atom is -0.379 e. The molecular weight excluding hydrogens is 190 g/mol. The molecule has 3 heteroatoms. The SMILES string of the molecule is NCc1ccccc1COC1CCOC1. The Kier molecular flexibility index (Phi) is 3.72. The van der Waals surface area contributed by atoms with Crippen LogP contribution in [0.1, 0.15) is 17.5 Å². The quantitative estimate of drug-likeness (QED) is 0.812. The van der Waals surface area contributed by atoms with Gasteiger partial charge in [-0.25, -0.2) is 0 Å². The second kappa shape index (κ2) is 5.26. The Morgan fingerprint density at radius 3 is 2.80 bits per heavy atom. The topological polar surface area (TPSA) is 44.5 Å². The van der Waals surface area contributed by atoms with Gasteiger partial charge in [-0.1, -0.05) is 24.3 Å². The van der Waals surface area contributed by atoms with Crippen LogP contribution in [0, 0.1) is 0 Å². The molecular formula is C12H17NO2. The van der Waals surface area contributed by atoms with E-state index in [9.17, 15) is 0 Å². The smallest absolute Gasteiger partial charge is 0.0834 e. The summed E-state index contributed by atoms with van der Waals surface area (Å²) in [5.74, 6) is 0. The Hall–Kier alpha value is -0.900. The maximum absolute atomic E-state index is 5.75. The molecule has 1 heterocycles. The van der Waals surface area contributed by atoms with Crippen LogP contribution in [0.25, 0.3) is 0 Å². The van der Waals surface area contributed by atoms with Crippen molar-refractivity contribution in [3.05, 3.63) is 35.4 Å². The molecule has 0 radical (unpaired) electrons. The molecule has 0 bridgehead atoms. The van der Waals surface area contributed by atoms with Crippen LogP contribution in [0.15, 0.2) is 24.3 Å². The minimum atomic E-state index is 0.260. The molecule has 1 atom stereocenters. The van der Waals surface area contributed by atoms with Crippen molar-refractivity contribution in [2.45, 2.75) is 25.7 Å². The maximum Gasteiger partial charge on any atom is 0.0834 e. The first-order valence-electron chi connectivity index (χ1n) is 5.36. The fraction of sp³-hybridized carbons (Fsp3) is 0.500. The summed E-state index contributed by atoms with van der Waals surface area (Å²) in [5.41, 5.74) is 8.00. The lowest BCUT2D eigenvalue weighted by atomic mass is 10.1. The Balaban J connectivity index is 1.91. The van der Waals surface area contributed by atoms with Crippen LogP contribution in [0.3, 0.4) is 0 Å². The molecule has 0 aromatic heterocycles. The molecule has 82 valence electrons. The molecule has 1 fully saturated rings. The minimum absolute atomic E-state index is 0.260. The Morgan fingerprint density at radius 2 is 2.13 bits per heavy atom. The van der Waals surface area contributed by atoms with Crippen LogP contribution in [-0.2, 0) is 22.6 Å². The van der Waals surface area contributed by atoms with Crippen molar-refractivity contribution in [2.24, 2.45) is 5.73 Å². The highest BCUT2D eigenvalue weighted by molar-refractivity contribution is 5.26. The van der Waals surface area contributed by atoms with Crippen LogP contribution in [0.5, 0.6) is 0 Å². The first-order chi connectivity index (χ1) is 7.40. The largest absolute Gasteiger partial charge is 0.379 e. The van der Waals surface area contributed by atoms with Gasteiger partial charge >= 0.3 is 0 Å². The Bertz CT molecular complexity index is 308. The van der Waals surface area contributed by atoms with E-state index in [4.69, 9.17) is 15.2 Å². The molecule has 1 aromatic rings. The molecule has 0 aliphatic carbocycles. The summed E-state index contributed by atoms with van der Waals surface area (Å²) in [7, 11) is 0. The first-order valence-corrected chi connectivity index (χ1v) is 5.36. The van der Waals surface area contributed by atoms with Gasteiger partial charge in [0.15, 0.2) is 0 Å². The van der Waals surface area contributed by atoms with E-state index < -0.39 is 0 Å². The number of nitrogens with two attached hydrogens (primary N) is 1. The lowest BCUT2D eigenvalue weighted by Crippen LogP contribution is -2.13. The molecule has 2 N–H and O–H groups in total. The van der Waals surface area contributed by atoms with E-state index in [2.05, 4.69) is 6.07 Å². The second-order valence-electron chi connectivity index (χ2n) is 3.77. The highest BCUT2D eigenvalue weighted by Gasteiger charge is 2.16. The maximum atomic E-state index is 5.75. The zero-order valence-electron chi connectivity index (χ0n) is 8.82. The lowest BCUT2D eigenvalue weighted by molar-refractivity contribution is 0.0314. The van der Waals surface area contributed by atoms with Crippen molar-refractivity contribution in [2.75, 3.05) is 13.2 Å². The summed E-state index contributed by atoms with van der Waals surface area (Å²) < 4.78 is 11.0. The molecule has 0 amide bonds. The van der Waals surface area contributed by atoms with Gasteiger partial charge in [0.25, 0.3) is 0 Å². The van der Waals surface area contributed by atoms with Gasteiger partial charge in [0.05, 0.1) is 19.3 Å². The van der Waals surface area contributed by atoms with E-state index in [1.165, 1.54) is 5.56 Å². The highest BCUT2D eigenvalue weighted by atomic mass is 16.5. The highest BCUT2D eigenvalue weighted by Crippen LogP contribution is 2.14. The molecule has 0 spiro atoms. The Morgan fingerprint density at radius 1 is 1.33 bits per heavy atom. The summed E-state index contributed by atoms with van der Waals surface area (Å²) >= 11 is 0. The van der Waals surface area contributed by atoms with E-state index in [1.54, 1.807) is 0 Å². The number of ether oxygens (including phenoxy) is 2. The monoisotopic (exact) mass is 207 g/mol. The van der Waals surface area contributed by atoms with E-state index >= 15 is 0 Å². The predicted octanol–water partition coefficient (Wildman–Crippen LogP) is 1.45. The molecule has 1 aliphatic heterocycles. The molecule has 2 rings (SSSR count). The Labute approximate surface area is 90.2 Å². The van der Waals surface area contributed by atoms with E-state index in [0.717, 1.165) is 25.2 Å². The molecule has 1 aromatic carbocycles. The van der Waals surface area contributed by atoms with Crippen molar-refractivity contribution in [3.8, 4) is 0 Å². The third-order valence-electron chi connectivity index (χ3n) is 2.70. The van der Waals surface area contributed by atoms with Crippen molar-refractivity contribution in [1.29, 1.82) is 0 Å². The van der Waals surface area contributed by atoms with Crippen molar-refractivity contribution in [1.82, 2.24) is 0 Å². The van der Waals surface area contributed by atoms with Gasteiger partial charge in [0, 0.05) is 13.2 Å². The van der Waals surface area contributed by atoms with E-state index in [1.807, 2.05) is 18.2 Å². The fourth-order valence-electron chi connectivity index (χ4n) is 1.75. The van der Waals surface area contributed by atoms with Crippen LogP contribution in [0.2, 0.25) is 0 Å². The van der Waals surface area contributed by atoms with Gasteiger partial charge < -0.3 is 15.2 Å². The number of hydrogen-bond acceptors (Lipinski definition) is 3. The average molecular weight is 207 g/mol. The van der Waals surface area contributed by atoms with Crippen molar-refractivity contribution in [3.63, 3.8) is 0 Å².